The third-order valence-electron chi connectivity index (χ3n) is 3.23. The van der Waals surface area contributed by atoms with Crippen molar-refractivity contribution in [2.45, 2.75) is 13.3 Å². The molecule has 0 unspecified atom stereocenters. The Labute approximate surface area is 119 Å². The van der Waals surface area contributed by atoms with Crippen molar-refractivity contribution in [2.24, 2.45) is 0 Å². The van der Waals surface area contributed by atoms with Crippen LogP contribution in [0.1, 0.15) is 12.5 Å². The summed E-state index contributed by atoms with van der Waals surface area (Å²) in [4.78, 5) is 10.4. The van der Waals surface area contributed by atoms with Gasteiger partial charge in [-0.1, -0.05) is 19.1 Å². The molecule has 0 saturated carbocycles. The summed E-state index contributed by atoms with van der Waals surface area (Å²) in [6.07, 6.45) is 0.968. The first-order valence-corrected chi connectivity index (χ1v) is 6.44. The van der Waals surface area contributed by atoms with Crippen molar-refractivity contribution in [1.29, 1.82) is 0 Å². The van der Waals surface area contributed by atoms with Gasteiger partial charge in [0.05, 0.1) is 10.6 Å². The minimum absolute atomic E-state index is 0.127. The molecule has 21 heavy (non-hydrogen) atoms. The second kappa shape index (κ2) is 5.20. The Balaban J connectivity index is 1.99. The monoisotopic (exact) mass is 284 g/mol. The molecule has 1 aromatic heterocycles. The number of aryl methyl sites for hydroxylation is 1. The van der Waals surface area contributed by atoms with Gasteiger partial charge in [0.2, 0.25) is 5.52 Å². The number of anilines is 2. The zero-order valence-electron chi connectivity index (χ0n) is 11.2. The molecule has 0 aliphatic rings. The fourth-order valence-corrected chi connectivity index (χ4v) is 2.08. The van der Waals surface area contributed by atoms with Gasteiger partial charge in [0, 0.05) is 11.8 Å². The van der Waals surface area contributed by atoms with Crippen molar-refractivity contribution >= 4 is 28.1 Å². The molecule has 1 heterocycles. The molecule has 0 bridgehead atoms. The van der Waals surface area contributed by atoms with Crippen molar-refractivity contribution in [3.05, 3.63) is 52.1 Å². The molecule has 0 atom stereocenters. The second-order valence-electron chi connectivity index (χ2n) is 4.53. The number of hydrogen-bond acceptors (Lipinski definition) is 6. The van der Waals surface area contributed by atoms with Crippen molar-refractivity contribution in [3.63, 3.8) is 0 Å². The summed E-state index contributed by atoms with van der Waals surface area (Å²) in [6, 6.07) is 10.9. The maximum Gasteiger partial charge on any atom is 0.300 e. The molecule has 7 nitrogen and oxygen atoms in total. The van der Waals surface area contributed by atoms with Crippen molar-refractivity contribution in [2.75, 3.05) is 5.32 Å². The van der Waals surface area contributed by atoms with Gasteiger partial charge < -0.3 is 5.32 Å². The van der Waals surface area contributed by atoms with E-state index in [-0.39, 0.29) is 11.2 Å². The lowest BCUT2D eigenvalue weighted by Gasteiger charge is -2.07. The highest BCUT2D eigenvalue weighted by Gasteiger charge is 2.19. The summed E-state index contributed by atoms with van der Waals surface area (Å²) in [7, 11) is 0. The fourth-order valence-electron chi connectivity index (χ4n) is 2.08. The summed E-state index contributed by atoms with van der Waals surface area (Å²) in [5, 5.41) is 21.4. The first kappa shape index (κ1) is 13.0. The van der Waals surface area contributed by atoms with E-state index in [9.17, 15) is 10.1 Å². The van der Waals surface area contributed by atoms with Crippen LogP contribution in [0.5, 0.6) is 0 Å². The van der Waals surface area contributed by atoms with E-state index in [0.29, 0.717) is 11.2 Å². The summed E-state index contributed by atoms with van der Waals surface area (Å²) in [5.74, 6) is 0. The van der Waals surface area contributed by atoms with Gasteiger partial charge in [0.25, 0.3) is 0 Å². The van der Waals surface area contributed by atoms with Crippen LogP contribution in [0, 0.1) is 10.1 Å². The Kier molecular flexibility index (Phi) is 3.23. The standard InChI is InChI=1S/C14H12N4O3/c1-2-9-3-5-10(6-4-9)15-11-7-8-12(18(19)20)14-13(11)16-21-17-14/h3-8,15H,2H2,1H3. The second-order valence-corrected chi connectivity index (χ2v) is 4.53. The first-order valence-electron chi connectivity index (χ1n) is 6.44. The molecule has 1 N–H and O–H groups in total. The number of benzene rings is 2. The third-order valence-corrected chi connectivity index (χ3v) is 3.23. The molecule has 0 radical (unpaired) electrons. The molecule has 0 saturated heterocycles. The lowest BCUT2D eigenvalue weighted by Crippen LogP contribution is -1.95. The van der Waals surface area contributed by atoms with E-state index in [0.717, 1.165) is 12.1 Å². The molecule has 0 fully saturated rings. The number of rotatable bonds is 4. The zero-order chi connectivity index (χ0) is 14.8. The number of fused-ring (bicyclic) bond motifs is 1. The molecular formula is C14H12N4O3. The highest BCUT2D eigenvalue weighted by Crippen LogP contribution is 2.30. The van der Waals surface area contributed by atoms with Crippen LogP contribution in [-0.4, -0.2) is 15.2 Å². The number of nitrogens with one attached hydrogen (secondary N) is 1. The lowest BCUT2D eigenvalue weighted by atomic mass is 10.1. The largest absolute Gasteiger partial charge is 0.354 e. The average molecular weight is 284 g/mol. The number of hydrogen-bond donors (Lipinski definition) is 1. The third kappa shape index (κ3) is 2.40. The summed E-state index contributed by atoms with van der Waals surface area (Å²) in [6.45, 7) is 2.09. The van der Waals surface area contributed by atoms with Gasteiger partial charge in [0.1, 0.15) is 0 Å². The Morgan fingerprint density at radius 3 is 2.52 bits per heavy atom. The van der Waals surface area contributed by atoms with Gasteiger partial charge in [0.15, 0.2) is 5.52 Å². The van der Waals surface area contributed by atoms with Crippen LogP contribution >= 0.6 is 0 Å². The van der Waals surface area contributed by atoms with E-state index < -0.39 is 4.92 Å². The maximum atomic E-state index is 10.9. The maximum absolute atomic E-state index is 10.9. The van der Waals surface area contributed by atoms with Crippen LogP contribution in [0.4, 0.5) is 17.1 Å². The van der Waals surface area contributed by atoms with Crippen LogP contribution in [-0.2, 0) is 6.42 Å². The lowest BCUT2D eigenvalue weighted by molar-refractivity contribution is -0.383. The molecule has 7 heteroatoms. The van der Waals surface area contributed by atoms with Crippen molar-refractivity contribution in [3.8, 4) is 0 Å². The molecule has 3 rings (SSSR count). The van der Waals surface area contributed by atoms with Gasteiger partial charge in [-0.15, -0.1) is 0 Å². The Morgan fingerprint density at radius 2 is 1.86 bits per heavy atom. The number of aromatic nitrogens is 2. The van der Waals surface area contributed by atoms with Crippen LogP contribution in [0.3, 0.4) is 0 Å². The topological polar surface area (TPSA) is 94.1 Å². The van der Waals surface area contributed by atoms with E-state index in [4.69, 9.17) is 0 Å². The van der Waals surface area contributed by atoms with E-state index in [2.05, 4.69) is 27.2 Å². The Morgan fingerprint density at radius 1 is 1.14 bits per heavy atom. The summed E-state index contributed by atoms with van der Waals surface area (Å²) < 4.78 is 4.63. The van der Waals surface area contributed by atoms with Crippen molar-refractivity contribution < 1.29 is 9.55 Å². The minimum Gasteiger partial charge on any atom is -0.354 e. The van der Waals surface area contributed by atoms with E-state index >= 15 is 0 Å². The highest BCUT2D eigenvalue weighted by molar-refractivity contribution is 5.94. The predicted octanol–water partition coefficient (Wildman–Crippen LogP) is 3.44. The molecule has 106 valence electrons. The SMILES string of the molecule is CCc1ccc(Nc2ccc([N+](=O)[O-])c3nonc23)cc1. The summed E-state index contributed by atoms with van der Waals surface area (Å²) in [5.41, 5.74) is 3.06. The fraction of sp³-hybridized carbons (Fsp3) is 0.143. The molecule has 0 aliphatic heterocycles. The number of nitro groups is 1. The summed E-state index contributed by atoms with van der Waals surface area (Å²) >= 11 is 0. The van der Waals surface area contributed by atoms with Crippen LogP contribution < -0.4 is 5.32 Å². The number of nitro benzene ring substituents is 1. The van der Waals surface area contributed by atoms with Crippen LogP contribution in [0.25, 0.3) is 11.0 Å². The normalized spacial score (nSPS) is 10.7. The first-order chi connectivity index (χ1) is 10.2. The molecule has 0 spiro atoms. The highest BCUT2D eigenvalue weighted by atomic mass is 16.6. The van der Waals surface area contributed by atoms with Crippen molar-refractivity contribution in [1.82, 2.24) is 10.3 Å². The average Bonchev–Trinajstić information content (AvgIpc) is 2.98. The molecular weight excluding hydrogens is 272 g/mol. The van der Waals surface area contributed by atoms with E-state index in [1.807, 2.05) is 24.3 Å². The molecule has 0 aliphatic carbocycles. The molecule has 2 aromatic carbocycles. The van der Waals surface area contributed by atoms with E-state index in [1.54, 1.807) is 6.07 Å². The van der Waals surface area contributed by atoms with E-state index in [1.165, 1.54) is 11.6 Å². The quantitative estimate of drug-likeness (QED) is 0.582. The van der Waals surface area contributed by atoms with Gasteiger partial charge in [-0.05, 0) is 40.5 Å². The van der Waals surface area contributed by atoms with Gasteiger partial charge in [-0.2, -0.15) is 0 Å². The Bertz CT molecular complexity index is 796. The number of non-ortho nitro benzene ring substituents is 1. The zero-order valence-corrected chi connectivity index (χ0v) is 11.2. The van der Waals surface area contributed by atoms with Crippen LogP contribution in [0.15, 0.2) is 41.0 Å². The Hall–Kier alpha value is -2.96. The minimum atomic E-state index is -0.508. The van der Waals surface area contributed by atoms with Gasteiger partial charge >= 0.3 is 5.69 Å². The predicted molar refractivity (Wildman–Crippen MR) is 77.6 cm³/mol. The smallest absolute Gasteiger partial charge is 0.300 e. The number of nitrogens with zero attached hydrogens (tertiary/aromatic N) is 3. The van der Waals surface area contributed by atoms with Gasteiger partial charge in [-0.3, -0.25) is 10.1 Å². The van der Waals surface area contributed by atoms with Gasteiger partial charge in [-0.25, -0.2) is 4.63 Å². The molecule has 3 aromatic rings. The molecule has 0 amide bonds. The van der Waals surface area contributed by atoms with Crippen LogP contribution in [0.2, 0.25) is 0 Å².